The molecule has 0 aliphatic rings. The molecule has 0 atom stereocenters. The van der Waals surface area contributed by atoms with E-state index in [2.05, 4.69) is 27.4 Å². The highest BCUT2D eigenvalue weighted by molar-refractivity contribution is 6.37. The van der Waals surface area contributed by atoms with Gasteiger partial charge in [0.25, 0.3) is 0 Å². The van der Waals surface area contributed by atoms with Gasteiger partial charge in [0.15, 0.2) is 0 Å². The SMILES string of the molecule is CC#CCNc1ccccc1-c1cc(CCc2c(Cl)c(OC)cc(OC)c2Cl)[nH]n1. The molecule has 0 aliphatic carbocycles. The average molecular weight is 444 g/mol. The second-order valence-electron chi connectivity index (χ2n) is 6.49. The summed E-state index contributed by atoms with van der Waals surface area (Å²) < 4.78 is 10.7. The molecule has 0 radical (unpaired) electrons. The monoisotopic (exact) mass is 443 g/mol. The average Bonchev–Trinajstić information content (AvgIpc) is 3.23. The minimum Gasteiger partial charge on any atom is -0.495 e. The lowest BCUT2D eigenvalue weighted by Gasteiger charge is -2.14. The molecule has 30 heavy (non-hydrogen) atoms. The lowest BCUT2D eigenvalue weighted by Crippen LogP contribution is -2.00. The first kappa shape index (κ1) is 21.9. The van der Waals surface area contributed by atoms with Gasteiger partial charge in [-0.1, -0.05) is 47.3 Å². The summed E-state index contributed by atoms with van der Waals surface area (Å²) in [6.45, 7) is 2.41. The number of halogens is 2. The molecule has 0 aliphatic heterocycles. The molecule has 0 fully saturated rings. The van der Waals surface area contributed by atoms with Crippen LogP contribution in [-0.2, 0) is 12.8 Å². The van der Waals surface area contributed by atoms with Gasteiger partial charge in [-0.2, -0.15) is 5.10 Å². The molecule has 5 nitrogen and oxygen atoms in total. The number of benzene rings is 2. The number of aryl methyl sites for hydroxylation is 1. The van der Waals surface area contributed by atoms with Crippen LogP contribution in [0.25, 0.3) is 11.3 Å². The van der Waals surface area contributed by atoms with Gasteiger partial charge in [0, 0.05) is 23.0 Å². The number of hydrogen-bond acceptors (Lipinski definition) is 4. The molecule has 156 valence electrons. The molecule has 3 rings (SSSR count). The Balaban J connectivity index is 1.80. The fraction of sp³-hybridized carbons (Fsp3) is 0.261. The van der Waals surface area contributed by atoms with Gasteiger partial charge in [0.2, 0.25) is 0 Å². The van der Waals surface area contributed by atoms with Crippen LogP contribution in [0.4, 0.5) is 5.69 Å². The Hall–Kier alpha value is -2.81. The summed E-state index contributed by atoms with van der Waals surface area (Å²) >= 11 is 13.0. The van der Waals surface area contributed by atoms with Gasteiger partial charge in [-0.3, -0.25) is 5.10 Å². The number of ether oxygens (including phenoxy) is 2. The third-order valence-corrected chi connectivity index (χ3v) is 5.52. The summed E-state index contributed by atoms with van der Waals surface area (Å²) in [4.78, 5) is 0. The predicted molar refractivity (Wildman–Crippen MR) is 123 cm³/mol. The van der Waals surface area contributed by atoms with Crippen molar-refractivity contribution in [3.63, 3.8) is 0 Å². The highest BCUT2D eigenvalue weighted by atomic mass is 35.5. The number of aromatic amines is 1. The van der Waals surface area contributed by atoms with E-state index in [9.17, 15) is 0 Å². The molecule has 1 aromatic heterocycles. The Morgan fingerprint density at radius 3 is 2.40 bits per heavy atom. The summed E-state index contributed by atoms with van der Waals surface area (Å²) in [6.07, 6.45) is 1.29. The van der Waals surface area contributed by atoms with Crippen LogP contribution in [0.2, 0.25) is 10.0 Å². The van der Waals surface area contributed by atoms with Gasteiger partial charge in [-0.25, -0.2) is 0 Å². The molecule has 3 aromatic rings. The van der Waals surface area contributed by atoms with Crippen molar-refractivity contribution in [3.8, 4) is 34.6 Å². The zero-order valence-corrected chi connectivity index (χ0v) is 18.6. The predicted octanol–water partition coefficient (Wildman–Crippen LogP) is 5.62. The molecule has 0 unspecified atom stereocenters. The molecule has 0 saturated heterocycles. The number of para-hydroxylation sites is 1. The third-order valence-electron chi connectivity index (χ3n) is 4.69. The number of nitrogens with one attached hydrogen (secondary N) is 2. The number of H-pyrrole nitrogens is 1. The van der Waals surface area contributed by atoms with Gasteiger partial charge in [0.1, 0.15) is 11.5 Å². The molecule has 7 heteroatoms. The Kier molecular flexibility index (Phi) is 7.51. The van der Waals surface area contributed by atoms with Crippen molar-refractivity contribution in [3.05, 3.63) is 57.7 Å². The van der Waals surface area contributed by atoms with Crippen LogP contribution in [0.3, 0.4) is 0 Å². The maximum absolute atomic E-state index is 6.48. The molecule has 2 N–H and O–H groups in total. The topological polar surface area (TPSA) is 59.2 Å². The van der Waals surface area contributed by atoms with E-state index in [1.54, 1.807) is 20.3 Å². The highest BCUT2D eigenvalue weighted by Gasteiger charge is 2.17. The smallest absolute Gasteiger partial charge is 0.141 e. The zero-order valence-electron chi connectivity index (χ0n) is 17.1. The van der Waals surface area contributed by atoms with Crippen molar-refractivity contribution >= 4 is 28.9 Å². The Bertz CT molecular complexity index is 1060. The highest BCUT2D eigenvalue weighted by Crippen LogP contribution is 2.41. The second kappa shape index (κ2) is 10.3. The number of anilines is 1. The number of methoxy groups -OCH3 is 2. The quantitative estimate of drug-likeness (QED) is 0.443. The van der Waals surface area contributed by atoms with Crippen LogP contribution in [0, 0.1) is 11.8 Å². The van der Waals surface area contributed by atoms with Crippen molar-refractivity contribution in [1.29, 1.82) is 0 Å². The van der Waals surface area contributed by atoms with Crippen LogP contribution in [0.5, 0.6) is 11.5 Å². The summed E-state index contributed by atoms with van der Waals surface area (Å²) in [5, 5.41) is 11.9. The van der Waals surface area contributed by atoms with Crippen molar-refractivity contribution in [1.82, 2.24) is 10.2 Å². The molecule has 0 amide bonds. The number of hydrogen-bond donors (Lipinski definition) is 2. The van der Waals surface area contributed by atoms with Gasteiger partial charge in [-0.15, -0.1) is 5.92 Å². The molecule has 0 spiro atoms. The third kappa shape index (κ3) is 4.84. The van der Waals surface area contributed by atoms with Crippen molar-refractivity contribution in [2.45, 2.75) is 19.8 Å². The van der Waals surface area contributed by atoms with E-state index in [1.807, 2.05) is 37.3 Å². The van der Waals surface area contributed by atoms with Crippen molar-refractivity contribution < 1.29 is 9.47 Å². The Labute approximate surface area is 186 Å². The van der Waals surface area contributed by atoms with E-state index >= 15 is 0 Å². The molecule has 0 bridgehead atoms. The van der Waals surface area contributed by atoms with Gasteiger partial charge >= 0.3 is 0 Å². The summed E-state index contributed by atoms with van der Waals surface area (Å²) in [5.41, 5.74) is 4.62. The number of aromatic nitrogens is 2. The minimum atomic E-state index is 0.495. The number of nitrogens with zero attached hydrogens (tertiary/aromatic N) is 1. The van der Waals surface area contributed by atoms with Crippen LogP contribution >= 0.6 is 23.2 Å². The van der Waals surface area contributed by atoms with E-state index < -0.39 is 0 Å². The van der Waals surface area contributed by atoms with E-state index in [0.717, 1.165) is 28.2 Å². The first-order valence-corrected chi connectivity index (χ1v) is 10.2. The first-order valence-electron chi connectivity index (χ1n) is 9.45. The normalized spacial score (nSPS) is 10.3. The Morgan fingerprint density at radius 2 is 1.73 bits per heavy atom. The largest absolute Gasteiger partial charge is 0.495 e. The summed E-state index contributed by atoms with van der Waals surface area (Å²) in [7, 11) is 3.13. The van der Waals surface area contributed by atoms with Crippen LogP contribution < -0.4 is 14.8 Å². The Morgan fingerprint density at radius 1 is 1.03 bits per heavy atom. The fourth-order valence-electron chi connectivity index (χ4n) is 3.13. The molecule has 1 heterocycles. The lowest BCUT2D eigenvalue weighted by molar-refractivity contribution is 0.393. The fourth-order valence-corrected chi connectivity index (χ4v) is 3.82. The van der Waals surface area contributed by atoms with Gasteiger partial charge in [-0.05, 0) is 37.5 Å². The maximum atomic E-state index is 6.48. The van der Waals surface area contributed by atoms with Crippen molar-refractivity contribution in [2.75, 3.05) is 26.1 Å². The lowest BCUT2D eigenvalue weighted by atomic mass is 10.1. The molecule has 2 aromatic carbocycles. The van der Waals surface area contributed by atoms with Crippen LogP contribution in [0.1, 0.15) is 18.2 Å². The number of rotatable bonds is 8. The minimum absolute atomic E-state index is 0.495. The summed E-state index contributed by atoms with van der Waals surface area (Å²) in [6, 6.07) is 11.7. The molecule has 0 saturated carbocycles. The summed E-state index contributed by atoms with van der Waals surface area (Å²) in [5.74, 6) is 6.97. The first-order chi connectivity index (χ1) is 14.6. The van der Waals surface area contributed by atoms with Crippen LogP contribution in [-0.4, -0.2) is 31.0 Å². The van der Waals surface area contributed by atoms with E-state index in [0.29, 0.717) is 40.9 Å². The standard InChI is InChI=1S/C23H23Cl2N3O2/c1-4-5-12-26-18-9-7-6-8-16(18)19-13-15(27-28-19)10-11-17-22(24)20(29-2)14-21(30-3)23(17)25/h6-9,13-14,26H,10-12H2,1-3H3,(H,27,28). The maximum Gasteiger partial charge on any atom is 0.141 e. The van der Waals surface area contributed by atoms with Gasteiger partial charge < -0.3 is 14.8 Å². The molecular weight excluding hydrogens is 421 g/mol. The van der Waals surface area contributed by atoms with E-state index in [-0.39, 0.29) is 0 Å². The van der Waals surface area contributed by atoms with E-state index in [4.69, 9.17) is 32.7 Å². The van der Waals surface area contributed by atoms with Gasteiger partial charge in [0.05, 0.1) is 36.5 Å². The van der Waals surface area contributed by atoms with E-state index in [1.165, 1.54) is 0 Å². The molecular formula is C23H23Cl2N3O2. The van der Waals surface area contributed by atoms with Crippen LogP contribution in [0.15, 0.2) is 36.4 Å². The van der Waals surface area contributed by atoms with Crippen molar-refractivity contribution in [2.24, 2.45) is 0 Å². The second-order valence-corrected chi connectivity index (χ2v) is 7.25. The zero-order chi connectivity index (χ0) is 21.5.